The van der Waals surface area contributed by atoms with E-state index in [1.165, 1.54) is 22.5 Å². The Morgan fingerprint density at radius 1 is 1.25 bits per heavy atom. The van der Waals surface area contributed by atoms with Gasteiger partial charge >= 0.3 is 0 Å². The second-order valence-electron chi connectivity index (χ2n) is 7.48. The van der Waals surface area contributed by atoms with Crippen molar-refractivity contribution < 1.29 is 17.9 Å². The molecule has 1 aromatic heterocycles. The lowest BCUT2D eigenvalue weighted by atomic mass is 9.93. The Hall–Kier alpha value is -2.39. The number of hydrogen-bond acceptors (Lipinski definition) is 5. The van der Waals surface area contributed by atoms with Gasteiger partial charge < -0.3 is 9.53 Å². The number of carbonyl (C=O) groups is 1. The second kappa shape index (κ2) is 9.23. The molecule has 3 aromatic rings. The molecule has 2 aromatic carbocycles. The minimum absolute atomic E-state index is 0.0656. The van der Waals surface area contributed by atoms with Crippen LogP contribution in [0.25, 0.3) is 0 Å². The Bertz CT molecular complexity index is 1260. The van der Waals surface area contributed by atoms with Crippen LogP contribution in [-0.4, -0.2) is 35.8 Å². The van der Waals surface area contributed by atoms with Gasteiger partial charge in [0.05, 0.1) is 28.7 Å². The third-order valence-electron chi connectivity index (χ3n) is 5.52. The Morgan fingerprint density at radius 2 is 2.06 bits per heavy atom. The summed E-state index contributed by atoms with van der Waals surface area (Å²) in [6.07, 6.45) is 4.67. The SMILES string of the molecule is CN([C@@H]1CCCc2c1cnn2CC=O)S(=O)(=O)c1ccc(Oc2cccc(Cl)c2)c(Cl)c1. The number of carbonyl (C=O) groups excluding carboxylic acids is 1. The van der Waals surface area contributed by atoms with Crippen molar-refractivity contribution >= 4 is 39.5 Å². The first-order valence-corrected chi connectivity index (χ1v) is 12.2. The number of fused-ring (bicyclic) bond motifs is 1. The van der Waals surface area contributed by atoms with Crippen molar-refractivity contribution in [3.8, 4) is 11.5 Å². The number of halogens is 2. The quantitative estimate of drug-likeness (QED) is 0.438. The summed E-state index contributed by atoms with van der Waals surface area (Å²) in [7, 11) is -2.29. The zero-order valence-corrected chi connectivity index (χ0v) is 19.6. The monoisotopic (exact) mass is 493 g/mol. The number of aldehydes is 1. The van der Waals surface area contributed by atoms with Gasteiger partial charge in [0, 0.05) is 23.3 Å². The van der Waals surface area contributed by atoms with Gasteiger partial charge in [-0.1, -0.05) is 29.3 Å². The number of rotatable bonds is 7. The largest absolute Gasteiger partial charge is 0.456 e. The highest BCUT2D eigenvalue weighted by Crippen LogP contribution is 2.38. The van der Waals surface area contributed by atoms with E-state index in [2.05, 4.69) is 5.10 Å². The van der Waals surface area contributed by atoms with Crippen LogP contribution in [0.3, 0.4) is 0 Å². The van der Waals surface area contributed by atoms with Gasteiger partial charge in [-0.15, -0.1) is 0 Å². The minimum Gasteiger partial charge on any atom is -0.456 e. The smallest absolute Gasteiger partial charge is 0.243 e. The normalized spacial score (nSPS) is 16.1. The zero-order chi connectivity index (χ0) is 22.9. The molecule has 0 amide bonds. The minimum atomic E-state index is -3.84. The van der Waals surface area contributed by atoms with E-state index in [1.807, 2.05) is 0 Å². The summed E-state index contributed by atoms with van der Waals surface area (Å²) >= 11 is 12.3. The predicted octanol–water partition coefficient (Wildman–Crippen LogP) is 4.88. The van der Waals surface area contributed by atoms with Crippen molar-refractivity contribution in [2.45, 2.75) is 36.7 Å². The summed E-state index contributed by atoms with van der Waals surface area (Å²) in [5, 5.41) is 4.95. The molecule has 0 aliphatic heterocycles. The standard InChI is InChI=1S/C22H21Cl2N3O4S/c1-26(20-6-3-7-21-18(20)14-25-27(21)10-11-28)32(29,30)17-8-9-22(19(24)13-17)31-16-5-2-4-15(23)12-16/h2,4-5,8-9,11-14,20H,3,6-7,10H2,1H3/t20-/m1/s1. The van der Waals surface area contributed by atoms with Crippen LogP contribution >= 0.6 is 23.2 Å². The highest BCUT2D eigenvalue weighted by Gasteiger charge is 2.34. The maximum atomic E-state index is 13.4. The fraction of sp³-hybridized carbons (Fsp3) is 0.273. The highest BCUT2D eigenvalue weighted by atomic mass is 35.5. The lowest BCUT2D eigenvalue weighted by Crippen LogP contribution is -2.33. The molecule has 1 aliphatic carbocycles. The Morgan fingerprint density at radius 3 is 2.78 bits per heavy atom. The van der Waals surface area contributed by atoms with Crippen molar-refractivity contribution in [2.24, 2.45) is 0 Å². The summed E-state index contributed by atoms with van der Waals surface area (Å²) in [5.74, 6) is 0.819. The molecule has 0 saturated heterocycles. The maximum absolute atomic E-state index is 13.4. The average molecular weight is 494 g/mol. The third kappa shape index (κ3) is 4.41. The first-order chi connectivity index (χ1) is 15.3. The molecule has 10 heteroatoms. The lowest BCUT2D eigenvalue weighted by Gasteiger charge is -2.31. The fourth-order valence-electron chi connectivity index (χ4n) is 3.92. The van der Waals surface area contributed by atoms with Crippen molar-refractivity contribution in [1.29, 1.82) is 0 Å². The number of nitrogens with zero attached hydrogens (tertiary/aromatic N) is 3. The summed E-state index contributed by atoms with van der Waals surface area (Å²) < 4.78 is 35.5. The van der Waals surface area contributed by atoms with Crippen LogP contribution in [0.5, 0.6) is 11.5 Å². The molecule has 0 spiro atoms. The highest BCUT2D eigenvalue weighted by molar-refractivity contribution is 7.89. The van der Waals surface area contributed by atoms with Crippen LogP contribution in [0.15, 0.2) is 53.6 Å². The van der Waals surface area contributed by atoms with E-state index >= 15 is 0 Å². The van der Waals surface area contributed by atoms with Crippen LogP contribution in [0.2, 0.25) is 10.0 Å². The van der Waals surface area contributed by atoms with Gasteiger partial charge in [0.25, 0.3) is 0 Å². The average Bonchev–Trinajstić information content (AvgIpc) is 3.18. The van der Waals surface area contributed by atoms with E-state index in [0.29, 0.717) is 22.9 Å². The van der Waals surface area contributed by atoms with Crippen LogP contribution in [-0.2, 0) is 27.8 Å². The van der Waals surface area contributed by atoms with E-state index in [-0.39, 0.29) is 22.5 Å². The van der Waals surface area contributed by atoms with Gasteiger partial charge in [0.2, 0.25) is 10.0 Å². The molecule has 1 aliphatic rings. The van der Waals surface area contributed by atoms with E-state index < -0.39 is 10.0 Å². The molecule has 0 bridgehead atoms. The first kappa shape index (κ1) is 22.8. The van der Waals surface area contributed by atoms with E-state index in [1.54, 1.807) is 42.2 Å². The van der Waals surface area contributed by atoms with Gasteiger partial charge in [-0.3, -0.25) is 4.68 Å². The summed E-state index contributed by atoms with van der Waals surface area (Å²) in [5.41, 5.74) is 1.73. The van der Waals surface area contributed by atoms with Gasteiger partial charge in [0.1, 0.15) is 17.8 Å². The third-order valence-corrected chi connectivity index (χ3v) is 7.91. The van der Waals surface area contributed by atoms with Crippen molar-refractivity contribution in [3.63, 3.8) is 0 Å². The van der Waals surface area contributed by atoms with Crippen LogP contribution in [0, 0.1) is 0 Å². The molecular weight excluding hydrogens is 473 g/mol. The molecule has 4 rings (SSSR count). The molecular formula is C22H21Cl2N3O4S. The second-order valence-corrected chi connectivity index (χ2v) is 10.3. The maximum Gasteiger partial charge on any atom is 0.243 e. The van der Waals surface area contributed by atoms with Gasteiger partial charge in [-0.2, -0.15) is 9.40 Å². The van der Waals surface area contributed by atoms with E-state index in [9.17, 15) is 13.2 Å². The fourth-order valence-corrected chi connectivity index (χ4v) is 5.77. The first-order valence-electron chi connectivity index (χ1n) is 10.0. The summed E-state index contributed by atoms with van der Waals surface area (Å²) in [4.78, 5) is 11.0. The van der Waals surface area contributed by atoms with Gasteiger partial charge in [-0.25, -0.2) is 8.42 Å². The number of sulfonamides is 1. The molecule has 0 radical (unpaired) electrons. The summed E-state index contributed by atoms with van der Waals surface area (Å²) in [6.45, 7) is 0.155. The lowest BCUT2D eigenvalue weighted by molar-refractivity contribution is -0.108. The molecule has 1 atom stereocenters. The molecule has 0 unspecified atom stereocenters. The zero-order valence-electron chi connectivity index (χ0n) is 17.2. The van der Waals surface area contributed by atoms with E-state index in [0.717, 1.165) is 30.4 Å². The predicted molar refractivity (Wildman–Crippen MR) is 122 cm³/mol. The number of hydrogen-bond donors (Lipinski definition) is 0. The van der Waals surface area contributed by atoms with E-state index in [4.69, 9.17) is 27.9 Å². The molecule has 0 N–H and O–H groups in total. The Labute approximate surface area is 196 Å². The number of ether oxygens (including phenoxy) is 1. The Kier molecular flexibility index (Phi) is 6.57. The molecule has 1 heterocycles. The number of aromatic nitrogens is 2. The molecule has 0 saturated carbocycles. The molecule has 7 nitrogen and oxygen atoms in total. The van der Waals surface area contributed by atoms with Crippen molar-refractivity contribution in [1.82, 2.24) is 14.1 Å². The van der Waals surface area contributed by atoms with Gasteiger partial charge in [0.15, 0.2) is 0 Å². The molecule has 0 fully saturated rings. The van der Waals surface area contributed by atoms with Crippen LogP contribution in [0.4, 0.5) is 0 Å². The van der Waals surface area contributed by atoms with Crippen LogP contribution in [0.1, 0.15) is 30.1 Å². The van der Waals surface area contributed by atoms with Crippen molar-refractivity contribution in [3.05, 3.63) is 70.0 Å². The summed E-state index contributed by atoms with van der Waals surface area (Å²) in [6, 6.07) is 10.8. The van der Waals surface area contributed by atoms with Crippen LogP contribution < -0.4 is 4.74 Å². The Balaban J connectivity index is 1.60. The number of benzene rings is 2. The molecule has 168 valence electrons. The topological polar surface area (TPSA) is 81.5 Å². The van der Waals surface area contributed by atoms with Gasteiger partial charge in [-0.05, 0) is 55.7 Å². The van der Waals surface area contributed by atoms with Crippen molar-refractivity contribution in [2.75, 3.05) is 7.05 Å². The molecule has 32 heavy (non-hydrogen) atoms.